The molecule has 5 nitrogen and oxygen atoms in total. The van der Waals surface area contributed by atoms with Gasteiger partial charge in [0.15, 0.2) is 10.9 Å². The molecule has 1 amide bonds. The second-order valence-corrected chi connectivity index (χ2v) is 6.90. The highest BCUT2D eigenvalue weighted by Gasteiger charge is 2.18. The Bertz CT molecular complexity index is 692. The van der Waals surface area contributed by atoms with Gasteiger partial charge in [-0.15, -0.1) is 0 Å². The van der Waals surface area contributed by atoms with Gasteiger partial charge in [-0.2, -0.15) is 0 Å². The third kappa shape index (κ3) is 4.45. The molecule has 0 saturated carbocycles. The number of ketones is 1. The summed E-state index contributed by atoms with van der Waals surface area (Å²) in [5.41, 5.74) is 1.31. The first kappa shape index (κ1) is 17.3. The highest BCUT2D eigenvalue weighted by molar-refractivity contribution is 8.00. The van der Waals surface area contributed by atoms with Crippen LogP contribution in [0, 0.1) is 0 Å². The number of benzene rings is 1. The molecule has 0 aliphatic rings. The zero-order valence-corrected chi connectivity index (χ0v) is 14.6. The highest BCUT2D eigenvalue weighted by Crippen LogP contribution is 2.25. The van der Waals surface area contributed by atoms with Gasteiger partial charge in [-0.3, -0.25) is 9.59 Å². The van der Waals surface area contributed by atoms with Crippen LogP contribution in [0.15, 0.2) is 41.8 Å². The molecule has 23 heavy (non-hydrogen) atoms. The van der Waals surface area contributed by atoms with Crippen LogP contribution in [-0.2, 0) is 4.79 Å². The van der Waals surface area contributed by atoms with E-state index < -0.39 is 0 Å². The van der Waals surface area contributed by atoms with Crippen molar-refractivity contribution in [2.75, 3.05) is 5.32 Å². The lowest BCUT2D eigenvalue weighted by atomic mass is 10.1. The molecule has 1 heterocycles. The average molecular weight is 331 g/mol. The second kappa shape index (κ2) is 7.46. The molecule has 0 radical (unpaired) electrons. The van der Waals surface area contributed by atoms with E-state index in [1.165, 1.54) is 18.7 Å². The second-order valence-electron chi connectivity index (χ2n) is 5.59. The van der Waals surface area contributed by atoms with E-state index in [0.29, 0.717) is 17.3 Å². The van der Waals surface area contributed by atoms with Gasteiger partial charge in [-0.25, -0.2) is 4.98 Å². The zero-order valence-electron chi connectivity index (χ0n) is 13.7. The van der Waals surface area contributed by atoms with E-state index in [1.54, 1.807) is 30.5 Å². The Morgan fingerprint density at radius 3 is 2.39 bits per heavy atom. The van der Waals surface area contributed by atoms with Crippen LogP contribution in [0.2, 0.25) is 0 Å². The molecule has 1 atom stereocenters. The molecule has 1 aromatic heterocycles. The van der Waals surface area contributed by atoms with Gasteiger partial charge in [0.25, 0.3) is 0 Å². The maximum Gasteiger partial charge on any atom is 0.237 e. The van der Waals surface area contributed by atoms with Gasteiger partial charge in [0.1, 0.15) is 0 Å². The molecule has 2 rings (SSSR count). The van der Waals surface area contributed by atoms with Crippen molar-refractivity contribution >= 4 is 29.1 Å². The molecule has 0 aliphatic carbocycles. The Balaban J connectivity index is 1.99. The van der Waals surface area contributed by atoms with Crippen LogP contribution in [0.3, 0.4) is 0 Å². The number of hydrogen-bond donors (Lipinski definition) is 1. The molecule has 1 N–H and O–H groups in total. The summed E-state index contributed by atoms with van der Waals surface area (Å²) in [5.74, 6) is -0.0868. The summed E-state index contributed by atoms with van der Waals surface area (Å²) in [6.45, 7) is 7.52. The average Bonchev–Trinajstić information content (AvgIpc) is 2.96. The van der Waals surface area contributed by atoms with E-state index in [1.807, 2.05) is 17.7 Å². The minimum absolute atomic E-state index is 0.00678. The molecular formula is C17H21N3O2S. The summed E-state index contributed by atoms with van der Waals surface area (Å²) in [5, 5.41) is 3.41. The van der Waals surface area contributed by atoms with Crippen molar-refractivity contribution in [1.29, 1.82) is 0 Å². The van der Waals surface area contributed by atoms with Crippen molar-refractivity contribution in [3.05, 3.63) is 42.2 Å². The molecule has 122 valence electrons. The lowest BCUT2D eigenvalue weighted by molar-refractivity contribution is -0.115. The first-order valence-corrected chi connectivity index (χ1v) is 8.37. The Morgan fingerprint density at radius 1 is 1.17 bits per heavy atom. The molecule has 0 fully saturated rings. The number of imidazole rings is 1. The third-order valence-electron chi connectivity index (χ3n) is 3.40. The number of nitrogens with zero attached hydrogens (tertiary/aromatic N) is 2. The first-order chi connectivity index (χ1) is 10.9. The number of nitrogens with one attached hydrogen (secondary N) is 1. The van der Waals surface area contributed by atoms with Gasteiger partial charge in [0.2, 0.25) is 5.91 Å². The van der Waals surface area contributed by atoms with Crippen LogP contribution >= 0.6 is 11.8 Å². The third-order valence-corrected chi connectivity index (χ3v) is 4.49. The smallest absolute Gasteiger partial charge is 0.237 e. The maximum atomic E-state index is 12.3. The van der Waals surface area contributed by atoms with Gasteiger partial charge in [0.05, 0.1) is 5.25 Å². The molecule has 0 unspecified atom stereocenters. The monoisotopic (exact) mass is 331 g/mol. The molecule has 0 bridgehead atoms. The van der Waals surface area contributed by atoms with E-state index in [2.05, 4.69) is 24.1 Å². The van der Waals surface area contributed by atoms with Crippen molar-refractivity contribution in [3.63, 3.8) is 0 Å². The van der Waals surface area contributed by atoms with Gasteiger partial charge in [-0.1, -0.05) is 11.8 Å². The maximum absolute atomic E-state index is 12.3. The van der Waals surface area contributed by atoms with E-state index in [0.717, 1.165) is 5.16 Å². The fourth-order valence-electron chi connectivity index (χ4n) is 2.03. The van der Waals surface area contributed by atoms with Gasteiger partial charge in [0, 0.05) is 29.7 Å². The Kier molecular flexibility index (Phi) is 5.60. The summed E-state index contributed by atoms with van der Waals surface area (Å²) in [7, 11) is 0. The number of carbonyl (C=O) groups is 2. The van der Waals surface area contributed by atoms with Crippen molar-refractivity contribution < 1.29 is 9.59 Å². The van der Waals surface area contributed by atoms with Crippen LogP contribution in [0.25, 0.3) is 0 Å². The lowest BCUT2D eigenvalue weighted by Crippen LogP contribution is -2.23. The van der Waals surface area contributed by atoms with Crippen molar-refractivity contribution in [3.8, 4) is 0 Å². The summed E-state index contributed by atoms with van der Waals surface area (Å²) in [6, 6.07) is 7.19. The van der Waals surface area contributed by atoms with Gasteiger partial charge >= 0.3 is 0 Å². The van der Waals surface area contributed by atoms with Crippen LogP contribution in [0.1, 0.15) is 44.1 Å². The van der Waals surface area contributed by atoms with Gasteiger partial charge < -0.3 is 9.88 Å². The minimum atomic E-state index is -0.276. The Hall–Kier alpha value is -2.08. The predicted molar refractivity (Wildman–Crippen MR) is 93.0 cm³/mol. The fourth-order valence-corrected chi connectivity index (χ4v) is 3.02. The quantitative estimate of drug-likeness (QED) is 0.646. The topological polar surface area (TPSA) is 64.0 Å². The summed E-state index contributed by atoms with van der Waals surface area (Å²) < 4.78 is 2.04. The number of aromatic nitrogens is 2. The zero-order chi connectivity index (χ0) is 17.0. The SMILES string of the molecule is CC(=O)c1ccc(NC(=O)[C@H](C)Sc2nccn2C(C)C)cc1. The number of amides is 1. The van der Waals surface area contributed by atoms with E-state index in [9.17, 15) is 9.59 Å². The molecule has 0 spiro atoms. The van der Waals surface area contributed by atoms with Crippen molar-refractivity contribution in [1.82, 2.24) is 9.55 Å². The van der Waals surface area contributed by atoms with E-state index in [4.69, 9.17) is 0 Å². The molecule has 6 heteroatoms. The Labute approximate surface area is 140 Å². The number of thioether (sulfide) groups is 1. The largest absolute Gasteiger partial charge is 0.325 e. The number of rotatable bonds is 6. The van der Waals surface area contributed by atoms with Crippen molar-refractivity contribution in [2.45, 2.75) is 44.1 Å². The molecule has 0 aliphatic heterocycles. The first-order valence-electron chi connectivity index (χ1n) is 7.50. The van der Waals surface area contributed by atoms with Gasteiger partial charge in [-0.05, 0) is 52.0 Å². The number of hydrogen-bond acceptors (Lipinski definition) is 4. The predicted octanol–water partition coefficient (Wildman–Crippen LogP) is 3.79. The summed E-state index contributed by atoms with van der Waals surface area (Å²) in [4.78, 5) is 27.9. The van der Waals surface area contributed by atoms with Crippen LogP contribution in [-0.4, -0.2) is 26.5 Å². The normalized spacial score (nSPS) is 12.2. The van der Waals surface area contributed by atoms with Crippen LogP contribution in [0.5, 0.6) is 0 Å². The van der Waals surface area contributed by atoms with E-state index >= 15 is 0 Å². The molecule has 2 aromatic rings. The highest BCUT2D eigenvalue weighted by atomic mass is 32.2. The van der Waals surface area contributed by atoms with E-state index in [-0.39, 0.29) is 16.9 Å². The summed E-state index contributed by atoms with van der Waals surface area (Å²) >= 11 is 1.43. The Morgan fingerprint density at radius 2 is 1.83 bits per heavy atom. The number of Topliss-reactive ketones (excluding diaryl/α,β-unsaturated/α-hetero) is 1. The standard InChI is InChI=1S/C17H21N3O2S/c1-11(2)20-10-9-18-17(20)23-13(4)16(22)19-15-7-5-14(6-8-15)12(3)21/h5-11,13H,1-4H3,(H,19,22)/t13-/m0/s1. The molecule has 1 aromatic carbocycles. The molecule has 0 saturated heterocycles. The van der Waals surface area contributed by atoms with Crippen LogP contribution in [0.4, 0.5) is 5.69 Å². The number of carbonyl (C=O) groups excluding carboxylic acids is 2. The van der Waals surface area contributed by atoms with Crippen LogP contribution < -0.4 is 5.32 Å². The summed E-state index contributed by atoms with van der Waals surface area (Å²) in [6.07, 6.45) is 3.66. The minimum Gasteiger partial charge on any atom is -0.325 e. The fraction of sp³-hybridized carbons (Fsp3) is 0.353. The molecular weight excluding hydrogens is 310 g/mol. The lowest BCUT2D eigenvalue weighted by Gasteiger charge is -2.15. The van der Waals surface area contributed by atoms with Crippen molar-refractivity contribution in [2.24, 2.45) is 0 Å². The number of anilines is 1.